The van der Waals surface area contributed by atoms with Gasteiger partial charge in [-0.1, -0.05) is 25.6 Å². The summed E-state index contributed by atoms with van der Waals surface area (Å²) in [6.45, 7) is 4.23. The van der Waals surface area contributed by atoms with Gasteiger partial charge in [0.05, 0.1) is 5.75 Å². The number of aryl methyl sites for hydroxylation is 2. The molecule has 2 aromatic heterocycles. The molecule has 0 spiro atoms. The third kappa shape index (κ3) is 2.99. The van der Waals surface area contributed by atoms with Crippen LogP contribution in [0, 0.1) is 0 Å². The number of nitrogens with zero attached hydrogens (tertiary/aromatic N) is 2. The monoisotopic (exact) mass is 335 g/mol. The van der Waals surface area contributed by atoms with E-state index >= 15 is 0 Å². The second-order valence-corrected chi connectivity index (χ2v) is 7.94. The summed E-state index contributed by atoms with van der Waals surface area (Å²) in [6.07, 6.45) is 4.79. The number of hydrogen-bond donors (Lipinski definition) is 1. The van der Waals surface area contributed by atoms with Crippen molar-refractivity contribution in [3.05, 3.63) is 16.3 Å². The van der Waals surface area contributed by atoms with Crippen molar-refractivity contribution in [2.24, 2.45) is 0 Å². The third-order valence-electron chi connectivity index (χ3n) is 3.93. The zero-order chi connectivity index (χ0) is 15.7. The van der Waals surface area contributed by atoms with Crippen LogP contribution in [0.3, 0.4) is 0 Å². The maximum absolute atomic E-state index is 11.6. The van der Waals surface area contributed by atoms with Crippen LogP contribution >= 0.6 is 23.1 Å². The zero-order valence-electron chi connectivity index (χ0n) is 13.2. The number of nitrogens with one attached hydrogen (secondary N) is 1. The molecule has 0 aliphatic heterocycles. The van der Waals surface area contributed by atoms with Crippen LogP contribution in [-0.4, -0.2) is 28.7 Å². The summed E-state index contributed by atoms with van der Waals surface area (Å²) in [6, 6.07) is 0. The number of carbonyl (C=O) groups is 1. The maximum Gasteiger partial charge on any atom is 0.230 e. The van der Waals surface area contributed by atoms with Crippen LogP contribution in [0.4, 0.5) is 0 Å². The van der Waals surface area contributed by atoms with E-state index < -0.39 is 0 Å². The van der Waals surface area contributed by atoms with Crippen molar-refractivity contribution in [1.29, 1.82) is 0 Å². The van der Waals surface area contributed by atoms with Gasteiger partial charge in [-0.25, -0.2) is 9.97 Å². The second-order valence-electron chi connectivity index (χ2n) is 5.89. The number of fused-ring (bicyclic) bond motifs is 3. The Morgan fingerprint density at radius 1 is 1.32 bits per heavy atom. The zero-order valence-corrected chi connectivity index (χ0v) is 14.9. The Hall–Kier alpha value is -1.14. The normalized spacial score (nSPS) is 14.4. The van der Waals surface area contributed by atoms with E-state index in [1.54, 1.807) is 7.05 Å². The highest BCUT2D eigenvalue weighted by atomic mass is 32.2. The van der Waals surface area contributed by atoms with Crippen molar-refractivity contribution in [3.63, 3.8) is 0 Å². The number of thioether (sulfide) groups is 1. The SMILES string of the molecule is CNC(=O)CSc1nc(C(C)C)nc2sc3c(c12)CCCC3. The quantitative estimate of drug-likeness (QED) is 0.686. The number of hydrogen-bond acceptors (Lipinski definition) is 5. The van der Waals surface area contributed by atoms with Crippen molar-refractivity contribution < 1.29 is 4.79 Å². The molecule has 0 saturated heterocycles. The van der Waals surface area contributed by atoms with E-state index in [2.05, 4.69) is 19.2 Å². The smallest absolute Gasteiger partial charge is 0.230 e. The van der Waals surface area contributed by atoms with Gasteiger partial charge in [-0.15, -0.1) is 11.3 Å². The molecule has 1 N–H and O–H groups in total. The summed E-state index contributed by atoms with van der Waals surface area (Å²) in [4.78, 5) is 23.7. The molecule has 0 bridgehead atoms. The van der Waals surface area contributed by atoms with Crippen molar-refractivity contribution in [2.75, 3.05) is 12.8 Å². The Labute approximate surface area is 139 Å². The minimum absolute atomic E-state index is 0.0342. The Morgan fingerprint density at radius 3 is 2.82 bits per heavy atom. The fourth-order valence-corrected chi connectivity index (χ4v) is 4.98. The molecule has 1 aliphatic rings. The summed E-state index contributed by atoms with van der Waals surface area (Å²) >= 11 is 3.36. The molecular weight excluding hydrogens is 314 g/mol. The summed E-state index contributed by atoms with van der Waals surface area (Å²) < 4.78 is 0. The molecule has 118 valence electrons. The average molecular weight is 335 g/mol. The van der Waals surface area contributed by atoms with Crippen LogP contribution in [0.25, 0.3) is 10.2 Å². The van der Waals surface area contributed by atoms with Crippen molar-refractivity contribution in [1.82, 2.24) is 15.3 Å². The molecule has 0 radical (unpaired) electrons. The molecule has 22 heavy (non-hydrogen) atoms. The van der Waals surface area contributed by atoms with Crippen LogP contribution in [-0.2, 0) is 17.6 Å². The van der Waals surface area contributed by atoms with Crippen molar-refractivity contribution in [2.45, 2.75) is 50.5 Å². The van der Waals surface area contributed by atoms with Crippen LogP contribution < -0.4 is 5.32 Å². The minimum Gasteiger partial charge on any atom is -0.358 e. The van der Waals surface area contributed by atoms with Gasteiger partial charge in [-0.05, 0) is 31.2 Å². The van der Waals surface area contributed by atoms with Crippen LogP contribution in [0.15, 0.2) is 5.03 Å². The van der Waals surface area contributed by atoms with Crippen molar-refractivity contribution >= 4 is 39.2 Å². The summed E-state index contributed by atoms with van der Waals surface area (Å²) in [5.74, 6) is 1.62. The lowest BCUT2D eigenvalue weighted by atomic mass is 9.97. The van der Waals surface area contributed by atoms with Gasteiger partial charge < -0.3 is 5.32 Å². The number of amides is 1. The Kier molecular flexibility index (Phi) is 4.68. The number of carbonyl (C=O) groups excluding carboxylic acids is 1. The lowest BCUT2D eigenvalue weighted by molar-refractivity contribution is -0.118. The van der Waals surface area contributed by atoms with Gasteiger partial charge in [0.1, 0.15) is 15.7 Å². The van der Waals surface area contributed by atoms with Crippen LogP contribution in [0.2, 0.25) is 0 Å². The van der Waals surface area contributed by atoms with Gasteiger partial charge >= 0.3 is 0 Å². The van der Waals surface area contributed by atoms with E-state index in [1.165, 1.54) is 40.4 Å². The molecule has 1 aliphatic carbocycles. The highest BCUT2D eigenvalue weighted by Crippen LogP contribution is 2.40. The topological polar surface area (TPSA) is 54.9 Å². The Balaban J connectivity index is 2.09. The molecule has 0 fully saturated rings. The third-order valence-corrected chi connectivity index (χ3v) is 6.10. The predicted octanol–water partition coefficient (Wildman–Crippen LogP) is 3.53. The Morgan fingerprint density at radius 2 is 2.09 bits per heavy atom. The summed E-state index contributed by atoms with van der Waals surface area (Å²) in [5, 5.41) is 4.87. The van der Waals surface area contributed by atoms with Crippen molar-refractivity contribution in [3.8, 4) is 0 Å². The lowest BCUT2D eigenvalue weighted by Gasteiger charge is -2.12. The lowest BCUT2D eigenvalue weighted by Crippen LogP contribution is -2.19. The number of thiophene rings is 1. The Bertz CT molecular complexity index is 709. The molecule has 1 amide bonds. The molecule has 0 saturated carbocycles. The van der Waals surface area contributed by atoms with Gasteiger partial charge in [0.2, 0.25) is 5.91 Å². The molecule has 0 unspecified atom stereocenters. The van der Waals surface area contributed by atoms with Gasteiger partial charge in [0.25, 0.3) is 0 Å². The standard InChI is InChI=1S/C16H21N3OS2/c1-9(2)14-18-15(21-8-12(20)17-3)13-10-6-4-5-7-11(10)22-16(13)19-14/h9H,4-8H2,1-3H3,(H,17,20). The molecule has 4 nitrogen and oxygen atoms in total. The van der Waals surface area contributed by atoms with Gasteiger partial charge in [0, 0.05) is 23.2 Å². The first-order valence-corrected chi connectivity index (χ1v) is 9.56. The van der Waals surface area contributed by atoms with E-state index in [1.807, 2.05) is 11.3 Å². The molecule has 2 heterocycles. The van der Waals surface area contributed by atoms with E-state index in [9.17, 15) is 4.79 Å². The van der Waals surface area contributed by atoms with E-state index in [0.29, 0.717) is 11.7 Å². The summed E-state index contributed by atoms with van der Waals surface area (Å²) in [5.41, 5.74) is 1.43. The number of aromatic nitrogens is 2. The fourth-order valence-electron chi connectivity index (χ4n) is 2.71. The second kappa shape index (κ2) is 6.54. The predicted molar refractivity (Wildman–Crippen MR) is 92.9 cm³/mol. The largest absolute Gasteiger partial charge is 0.358 e. The highest BCUT2D eigenvalue weighted by Gasteiger charge is 2.22. The van der Waals surface area contributed by atoms with E-state index in [4.69, 9.17) is 9.97 Å². The first-order chi connectivity index (χ1) is 10.6. The van der Waals surface area contributed by atoms with Gasteiger partial charge in [-0.3, -0.25) is 4.79 Å². The number of rotatable bonds is 4. The molecule has 2 aromatic rings. The molecule has 0 aromatic carbocycles. The van der Waals surface area contributed by atoms with Gasteiger partial charge in [-0.2, -0.15) is 0 Å². The van der Waals surface area contributed by atoms with E-state index in [0.717, 1.165) is 28.5 Å². The van der Waals surface area contributed by atoms with Gasteiger partial charge in [0.15, 0.2) is 0 Å². The first kappa shape index (κ1) is 15.7. The van der Waals surface area contributed by atoms with Crippen LogP contribution in [0.5, 0.6) is 0 Å². The average Bonchev–Trinajstić information content (AvgIpc) is 2.90. The minimum atomic E-state index is 0.0342. The molecule has 3 rings (SSSR count). The molecule has 6 heteroatoms. The summed E-state index contributed by atoms with van der Waals surface area (Å²) in [7, 11) is 1.67. The molecule has 0 atom stereocenters. The van der Waals surface area contributed by atoms with Crippen LogP contribution in [0.1, 0.15) is 48.9 Å². The van der Waals surface area contributed by atoms with E-state index in [-0.39, 0.29) is 5.91 Å². The fraction of sp³-hybridized carbons (Fsp3) is 0.562. The maximum atomic E-state index is 11.6. The molecular formula is C16H21N3OS2. The first-order valence-electron chi connectivity index (χ1n) is 7.75. The highest BCUT2D eigenvalue weighted by molar-refractivity contribution is 8.00.